The highest BCUT2D eigenvalue weighted by Crippen LogP contribution is 2.53. The van der Waals surface area contributed by atoms with Crippen molar-refractivity contribution >= 4 is 59.2 Å². The molecule has 2 aromatic rings. The molecule has 4 N–H and O–H groups in total. The van der Waals surface area contributed by atoms with E-state index in [4.69, 9.17) is 42.9 Å². The van der Waals surface area contributed by atoms with Gasteiger partial charge in [-0.1, -0.05) is 23.4 Å². The molecule has 29 heavy (non-hydrogen) atoms. The SMILES string of the molecule is Nc1ncnc2c1NC(Sc1ccc(Cl)cc1)N2[C@H]1C[C@@H]2OP(O)(=S)OCC2O1. The van der Waals surface area contributed by atoms with Crippen LogP contribution in [0.4, 0.5) is 17.3 Å². The third kappa shape index (κ3) is 3.82. The van der Waals surface area contributed by atoms with Crippen molar-refractivity contribution in [1.29, 1.82) is 0 Å². The minimum absolute atomic E-state index is 0.198. The molecule has 3 aliphatic heterocycles. The van der Waals surface area contributed by atoms with Crippen molar-refractivity contribution < 1.29 is 18.7 Å². The summed E-state index contributed by atoms with van der Waals surface area (Å²) < 4.78 is 17.0. The first-order valence-corrected chi connectivity index (χ1v) is 12.6. The highest BCUT2D eigenvalue weighted by molar-refractivity contribution is 8.07. The number of rotatable bonds is 3. The van der Waals surface area contributed by atoms with Gasteiger partial charge in [0.05, 0.1) is 12.7 Å². The van der Waals surface area contributed by atoms with Crippen molar-refractivity contribution in [3.8, 4) is 0 Å². The normalized spacial score (nSPS) is 33.2. The van der Waals surface area contributed by atoms with E-state index in [-0.39, 0.29) is 30.5 Å². The average molecular weight is 474 g/mol. The van der Waals surface area contributed by atoms with Crippen LogP contribution in [-0.4, -0.2) is 45.4 Å². The first kappa shape index (κ1) is 19.8. The fraction of sp³-hybridized carbons (Fsp3) is 0.375. The molecule has 2 fully saturated rings. The summed E-state index contributed by atoms with van der Waals surface area (Å²) in [5.74, 6) is 1.01. The van der Waals surface area contributed by atoms with Crippen LogP contribution in [0.1, 0.15) is 6.42 Å². The van der Waals surface area contributed by atoms with Gasteiger partial charge in [-0.2, -0.15) is 0 Å². The summed E-state index contributed by atoms with van der Waals surface area (Å²) in [7, 11) is 0. The molecule has 0 spiro atoms. The number of fused-ring (bicyclic) bond motifs is 2. The van der Waals surface area contributed by atoms with E-state index in [9.17, 15) is 4.89 Å². The minimum atomic E-state index is -3.21. The van der Waals surface area contributed by atoms with Gasteiger partial charge in [0.15, 0.2) is 17.1 Å². The zero-order valence-electron chi connectivity index (χ0n) is 14.8. The Balaban J connectivity index is 1.44. The van der Waals surface area contributed by atoms with Crippen LogP contribution in [0.2, 0.25) is 5.02 Å². The second-order valence-electron chi connectivity index (χ2n) is 6.71. The number of hydrogen-bond acceptors (Lipinski definition) is 10. The second kappa shape index (κ2) is 7.51. The van der Waals surface area contributed by atoms with Crippen molar-refractivity contribution in [1.82, 2.24) is 9.97 Å². The Labute approximate surface area is 181 Å². The number of ether oxygens (including phenoxy) is 1. The monoisotopic (exact) mass is 473 g/mol. The maximum absolute atomic E-state index is 9.98. The molecule has 5 atom stereocenters. The smallest absolute Gasteiger partial charge is 0.324 e. The predicted octanol–water partition coefficient (Wildman–Crippen LogP) is 2.77. The molecule has 0 aliphatic carbocycles. The van der Waals surface area contributed by atoms with E-state index in [1.807, 2.05) is 29.2 Å². The van der Waals surface area contributed by atoms with Crippen molar-refractivity contribution in [2.75, 3.05) is 22.6 Å². The van der Waals surface area contributed by atoms with Gasteiger partial charge in [0, 0.05) is 16.3 Å². The van der Waals surface area contributed by atoms with Crippen LogP contribution in [0.25, 0.3) is 0 Å². The predicted molar refractivity (Wildman–Crippen MR) is 114 cm³/mol. The first-order chi connectivity index (χ1) is 13.9. The number of aromatic nitrogens is 2. The van der Waals surface area contributed by atoms with E-state index >= 15 is 0 Å². The number of nitrogens with zero attached hydrogens (tertiary/aromatic N) is 3. The number of halogens is 1. The second-order valence-corrected chi connectivity index (χ2v) is 11.1. The zero-order valence-corrected chi connectivity index (χ0v) is 18.1. The number of thioether (sulfide) groups is 1. The molecule has 2 saturated heterocycles. The maximum atomic E-state index is 9.98. The van der Waals surface area contributed by atoms with Gasteiger partial charge < -0.3 is 29.7 Å². The van der Waals surface area contributed by atoms with Crippen LogP contribution in [-0.2, 0) is 25.6 Å². The minimum Gasteiger partial charge on any atom is -0.382 e. The van der Waals surface area contributed by atoms with Crippen molar-refractivity contribution in [2.24, 2.45) is 0 Å². The molecule has 9 nitrogen and oxygen atoms in total. The van der Waals surface area contributed by atoms with Gasteiger partial charge in [0.1, 0.15) is 24.3 Å². The zero-order chi connectivity index (χ0) is 20.2. The number of benzene rings is 1. The van der Waals surface area contributed by atoms with Crippen LogP contribution in [0.3, 0.4) is 0 Å². The van der Waals surface area contributed by atoms with Crippen molar-refractivity contribution in [2.45, 2.75) is 35.2 Å². The summed E-state index contributed by atoms with van der Waals surface area (Å²) in [6.07, 6.45) is 0.916. The molecule has 0 amide bonds. The molecule has 13 heteroatoms. The highest BCUT2D eigenvalue weighted by atomic mass is 35.5. The molecule has 154 valence electrons. The quantitative estimate of drug-likeness (QED) is 0.571. The maximum Gasteiger partial charge on any atom is 0.324 e. The van der Waals surface area contributed by atoms with Crippen molar-refractivity contribution in [3.63, 3.8) is 0 Å². The van der Waals surface area contributed by atoms with E-state index in [0.29, 0.717) is 28.8 Å². The Morgan fingerprint density at radius 3 is 2.90 bits per heavy atom. The third-order valence-corrected chi connectivity index (χ3v) is 7.80. The van der Waals surface area contributed by atoms with Gasteiger partial charge in [-0.3, -0.25) is 4.90 Å². The lowest BCUT2D eigenvalue weighted by Crippen LogP contribution is -2.42. The highest BCUT2D eigenvalue weighted by Gasteiger charge is 2.49. The average Bonchev–Trinajstić information content (AvgIpc) is 3.24. The Hall–Kier alpha value is -1.17. The number of anilines is 3. The van der Waals surface area contributed by atoms with Gasteiger partial charge in [0.25, 0.3) is 0 Å². The van der Waals surface area contributed by atoms with Crippen LogP contribution >= 0.6 is 30.1 Å². The molecule has 1 aromatic heterocycles. The lowest BCUT2D eigenvalue weighted by atomic mass is 10.2. The van der Waals surface area contributed by atoms with E-state index in [2.05, 4.69) is 15.3 Å². The van der Waals surface area contributed by atoms with Crippen LogP contribution < -0.4 is 16.0 Å². The van der Waals surface area contributed by atoms with E-state index in [0.717, 1.165) is 4.90 Å². The fourth-order valence-corrected chi connectivity index (χ4v) is 6.22. The van der Waals surface area contributed by atoms with Gasteiger partial charge in [-0.25, -0.2) is 9.97 Å². The van der Waals surface area contributed by atoms with Crippen molar-refractivity contribution in [3.05, 3.63) is 35.6 Å². The van der Waals surface area contributed by atoms with Crippen LogP contribution in [0, 0.1) is 0 Å². The molecular weight excluding hydrogens is 457 g/mol. The summed E-state index contributed by atoms with van der Waals surface area (Å²) in [6, 6.07) is 7.56. The Morgan fingerprint density at radius 2 is 2.10 bits per heavy atom. The lowest BCUT2D eigenvalue weighted by Gasteiger charge is -2.31. The fourth-order valence-electron chi connectivity index (χ4n) is 3.54. The third-order valence-electron chi connectivity index (χ3n) is 4.84. The molecule has 0 radical (unpaired) electrons. The molecular formula is C16H17ClN5O4PS2. The molecule has 4 heterocycles. The van der Waals surface area contributed by atoms with Gasteiger partial charge in [-0.05, 0) is 36.1 Å². The molecule has 3 unspecified atom stereocenters. The lowest BCUT2D eigenvalue weighted by molar-refractivity contribution is -0.0416. The van der Waals surface area contributed by atoms with E-state index in [1.54, 1.807) is 11.8 Å². The Morgan fingerprint density at radius 1 is 1.31 bits per heavy atom. The summed E-state index contributed by atoms with van der Waals surface area (Å²) in [5, 5.41) is 4.05. The number of nitrogens with two attached hydrogens (primary N) is 1. The van der Waals surface area contributed by atoms with E-state index < -0.39 is 6.72 Å². The molecule has 3 aliphatic rings. The van der Waals surface area contributed by atoms with Crippen LogP contribution in [0.5, 0.6) is 0 Å². The summed E-state index contributed by atoms with van der Waals surface area (Å²) in [4.78, 5) is 21.5. The van der Waals surface area contributed by atoms with E-state index in [1.165, 1.54) is 6.33 Å². The first-order valence-electron chi connectivity index (χ1n) is 8.78. The number of nitrogens with one attached hydrogen (secondary N) is 1. The molecule has 5 rings (SSSR count). The number of hydrogen-bond donors (Lipinski definition) is 3. The van der Waals surface area contributed by atoms with Gasteiger partial charge in [0.2, 0.25) is 0 Å². The van der Waals surface area contributed by atoms with Gasteiger partial charge >= 0.3 is 6.72 Å². The molecule has 0 bridgehead atoms. The molecule has 0 saturated carbocycles. The topological polar surface area (TPSA) is 115 Å². The Bertz CT molecular complexity index is 986. The summed E-state index contributed by atoms with van der Waals surface area (Å²) >= 11 is 12.6. The Kier molecular flexibility index (Phi) is 5.12. The van der Waals surface area contributed by atoms with Crippen LogP contribution in [0.15, 0.2) is 35.5 Å². The summed E-state index contributed by atoms with van der Waals surface area (Å²) in [6.45, 7) is -3.01. The molecule has 1 aromatic carbocycles. The van der Waals surface area contributed by atoms with Gasteiger partial charge in [-0.15, -0.1) is 0 Å². The largest absolute Gasteiger partial charge is 0.382 e. The number of nitrogen functional groups attached to an aromatic ring is 1. The standard InChI is InChI=1S/C16H17ClN5O4PS2/c17-8-1-3-9(4-2-8)29-16-21-13-14(18)19-7-20-15(13)22(16)12-5-10-11(25-12)6-24-27(23,28)26-10/h1-4,7,10-12,16,21H,5-6H2,(H,23,28)(H2,18,19,20)/t10-,11?,12+,16?,27?/m0/s1. The summed E-state index contributed by atoms with van der Waals surface area (Å²) in [5.41, 5.74) is 6.48.